The molecule has 0 spiro atoms. The topological polar surface area (TPSA) is 85.2 Å². The molecule has 35 heavy (non-hydrogen) atoms. The highest BCUT2D eigenvalue weighted by Crippen LogP contribution is 2.23. The highest BCUT2D eigenvalue weighted by Gasteiger charge is 2.22. The van der Waals surface area contributed by atoms with Gasteiger partial charge in [-0.25, -0.2) is 18.8 Å². The highest BCUT2D eigenvalue weighted by molar-refractivity contribution is 6.42. The van der Waals surface area contributed by atoms with Crippen molar-refractivity contribution in [1.29, 1.82) is 0 Å². The molecule has 1 atom stereocenters. The van der Waals surface area contributed by atoms with E-state index in [-0.39, 0.29) is 17.3 Å². The summed E-state index contributed by atoms with van der Waals surface area (Å²) in [5.74, 6) is -0.418. The van der Waals surface area contributed by atoms with Gasteiger partial charge in [0.1, 0.15) is 5.71 Å². The van der Waals surface area contributed by atoms with Crippen molar-refractivity contribution in [3.05, 3.63) is 82.9 Å². The average Bonchev–Trinajstić information content (AvgIpc) is 3.49. The van der Waals surface area contributed by atoms with Crippen LogP contribution in [-0.2, 0) is 17.8 Å². The summed E-state index contributed by atoms with van der Waals surface area (Å²) >= 11 is 0. The molecule has 0 fully saturated rings. The van der Waals surface area contributed by atoms with Crippen LogP contribution in [-0.4, -0.2) is 41.6 Å². The number of aliphatic imine (C=N–C) groups is 3. The van der Waals surface area contributed by atoms with Crippen molar-refractivity contribution in [3.8, 4) is 11.4 Å². The highest BCUT2D eigenvalue weighted by atomic mass is 19.2. The Labute approximate surface area is 201 Å². The van der Waals surface area contributed by atoms with Gasteiger partial charge in [0.2, 0.25) is 11.7 Å². The van der Waals surface area contributed by atoms with Gasteiger partial charge in [0, 0.05) is 31.9 Å². The maximum absolute atomic E-state index is 14.2. The van der Waals surface area contributed by atoms with Crippen molar-refractivity contribution in [2.24, 2.45) is 20.9 Å². The molecule has 1 aromatic heterocycles. The molecule has 3 aromatic rings. The molecule has 5 rings (SSSR count). The Hall–Kier alpha value is -3.85. The van der Waals surface area contributed by atoms with Crippen molar-refractivity contribution in [2.45, 2.75) is 25.9 Å². The van der Waals surface area contributed by atoms with E-state index in [9.17, 15) is 8.78 Å². The van der Waals surface area contributed by atoms with Crippen molar-refractivity contribution in [2.75, 3.05) is 13.7 Å². The van der Waals surface area contributed by atoms with Crippen LogP contribution in [0.3, 0.4) is 0 Å². The van der Waals surface area contributed by atoms with Gasteiger partial charge in [-0.15, -0.1) is 0 Å². The van der Waals surface area contributed by atoms with E-state index in [0.717, 1.165) is 30.0 Å². The third-order valence-corrected chi connectivity index (χ3v) is 5.85. The van der Waals surface area contributed by atoms with Gasteiger partial charge in [-0.2, -0.15) is 4.98 Å². The van der Waals surface area contributed by atoms with Gasteiger partial charge >= 0.3 is 0 Å². The molecule has 2 aromatic carbocycles. The maximum atomic E-state index is 14.2. The first-order valence-electron chi connectivity index (χ1n) is 11.3. The number of hydrogen-bond donors (Lipinski definition) is 0. The summed E-state index contributed by atoms with van der Waals surface area (Å²) in [6.45, 7) is 1.10. The van der Waals surface area contributed by atoms with E-state index < -0.39 is 11.6 Å². The molecular weight excluding hydrogens is 452 g/mol. The van der Waals surface area contributed by atoms with Crippen molar-refractivity contribution < 1.29 is 18.0 Å². The van der Waals surface area contributed by atoms with Crippen molar-refractivity contribution in [3.63, 3.8) is 0 Å². The van der Waals surface area contributed by atoms with E-state index in [1.54, 1.807) is 13.3 Å². The monoisotopic (exact) mass is 475 g/mol. The Kier molecular flexibility index (Phi) is 6.67. The van der Waals surface area contributed by atoms with Gasteiger partial charge in [0.15, 0.2) is 17.5 Å². The number of aromatic nitrogens is 2. The fourth-order valence-corrected chi connectivity index (χ4v) is 4.03. The normalized spacial score (nSPS) is 17.7. The van der Waals surface area contributed by atoms with Crippen LogP contribution in [0.15, 0.2) is 73.7 Å². The van der Waals surface area contributed by atoms with Crippen LogP contribution in [0.4, 0.5) is 8.78 Å². The first kappa shape index (κ1) is 22.9. The van der Waals surface area contributed by atoms with Gasteiger partial charge in [-0.1, -0.05) is 41.6 Å². The second-order valence-electron chi connectivity index (χ2n) is 8.41. The van der Waals surface area contributed by atoms with Crippen LogP contribution in [0.25, 0.3) is 11.4 Å². The first-order valence-corrected chi connectivity index (χ1v) is 11.3. The lowest BCUT2D eigenvalue weighted by Crippen LogP contribution is -2.09. The molecule has 9 heteroatoms. The number of methoxy groups -OCH3 is 1. The first-order chi connectivity index (χ1) is 17.1. The number of ether oxygens (including phenoxy) is 1. The molecule has 7 nitrogen and oxygen atoms in total. The van der Waals surface area contributed by atoms with Crippen LogP contribution in [0.2, 0.25) is 0 Å². The number of rotatable bonds is 6. The van der Waals surface area contributed by atoms with Gasteiger partial charge in [-0.3, -0.25) is 4.99 Å². The van der Waals surface area contributed by atoms with Crippen LogP contribution < -0.4 is 0 Å². The summed E-state index contributed by atoms with van der Waals surface area (Å²) in [6.07, 6.45) is 5.75. The lowest BCUT2D eigenvalue weighted by Gasteiger charge is -2.10. The molecule has 0 radical (unpaired) electrons. The average molecular weight is 475 g/mol. The number of allylic oxidation sites excluding steroid dienone is 2. The van der Waals surface area contributed by atoms with Gasteiger partial charge in [-0.05, 0) is 36.5 Å². The quantitative estimate of drug-likeness (QED) is 0.504. The number of halogens is 2. The minimum Gasteiger partial charge on any atom is -0.380 e. The molecule has 2 aliphatic rings. The largest absolute Gasteiger partial charge is 0.380 e. The molecule has 0 aliphatic carbocycles. The van der Waals surface area contributed by atoms with E-state index in [0.29, 0.717) is 42.7 Å². The summed E-state index contributed by atoms with van der Waals surface area (Å²) in [6, 6.07) is 11.8. The van der Waals surface area contributed by atoms with E-state index in [1.807, 2.05) is 30.3 Å². The molecule has 0 bridgehead atoms. The number of benzene rings is 2. The van der Waals surface area contributed by atoms with Gasteiger partial charge in [0.25, 0.3) is 0 Å². The SMILES string of the molecule is COCc1ccc(-c2noc(CC3CCC=C4N=C(c5cccc(F)c5F)N=C4C=NC3)n2)cc1. The lowest BCUT2D eigenvalue weighted by atomic mass is 9.99. The van der Waals surface area contributed by atoms with E-state index in [2.05, 4.69) is 25.1 Å². The van der Waals surface area contributed by atoms with Gasteiger partial charge < -0.3 is 9.26 Å². The van der Waals surface area contributed by atoms with Crippen LogP contribution in [0.5, 0.6) is 0 Å². The third kappa shape index (κ3) is 5.14. The summed E-state index contributed by atoms with van der Waals surface area (Å²) in [5.41, 5.74) is 3.15. The standard InChI is InChI=1S/C26H23F2N5O2/c1-34-15-16-8-10-18(11-9-16)25-32-23(35-33-25)12-17-4-2-7-21-22(14-29-13-17)31-26(30-21)19-5-3-6-20(27)24(19)28/h3,5-11,14,17H,2,4,12-13,15H2,1H3. The molecule has 0 saturated carbocycles. The predicted molar refractivity (Wildman–Crippen MR) is 129 cm³/mol. The van der Waals surface area contributed by atoms with Crippen molar-refractivity contribution in [1.82, 2.24) is 10.1 Å². The second-order valence-corrected chi connectivity index (χ2v) is 8.41. The molecule has 178 valence electrons. The Morgan fingerprint density at radius 3 is 2.77 bits per heavy atom. The minimum absolute atomic E-state index is 0.0368. The van der Waals surface area contributed by atoms with Gasteiger partial charge in [0.05, 0.1) is 17.9 Å². The molecule has 3 heterocycles. The minimum atomic E-state index is -0.954. The number of amidine groups is 1. The lowest BCUT2D eigenvalue weighted by molar-refractivity contribution is 0.185. The Morgan fingerprint density at radius 1 is 1.09 bits per heavy atom. The summed E-state index contributed by atoms with van der Waals surface area (Å²) in [4.78, 5) is 17.9. The molecule has 0 amide bonds. The predicted octanol–water partition coefficient (Wildman–Crippen LogP) is 4.97. The van der Waals surface area contributed by atoms with Crippen LogP contribution in [0, 0.1) is 17.6 Å². The smallest absolute Gasteiger partial charge is 0.227 e. The molecule has 0 N–H and O–H groups in total. The van der Waals surface area contributed by atoms with Crippen LogP contribution in [0.1, 0.15) is 29.9 Å². The molecule has 0 saturated heterocycles. The Morgan fingerprint density at radius 2 is 1.94 bits per heavy atom. The van der Waals surface area contributed by atoms with Crippen molar-refractivity contribution >= 4 is 17.8 Å². The van der Waals surface area contributed by atoms with Crippen LogP contribution >= 0.6 is 0 Å². The maximum Gasteiger partial charge on any atom is 0.227 e. The zero-order valence-electron chi connectivity index (χ0n) is 19.1. The molecule has 2 aliphatic heterocycles. The fourth-order valence-electron chi connectivity index (χ4n) is 4.03. The van der Waals surface area contributed by atoms with E-state index in [1.165, 1.54) is 12.1 Å². The van der Waals surface area contributed by atoms with E-state index >= 15 is 0 Å². The Balaban J connectivity index is 1.25. The zero-order valence-corrected chi connectivity index (χ0v) is 19.1. The summed E-state index contributed by atoms with van der Waals surface area (Å²) < 4.78 is 38.4. The summed E-state index contributed by atoms with van der Waals surface area (Å²) in [5, 5.41) is 4.12. The number of fused-ring (bicyclic) bond motifs is 1. The second kappa shape index (κ2) is 10.2. The molecule has 1 unspecified atom stereocenters. The molecular formula is C26H23F2N5O2. The van der Waals surface area contributed by atoms with E-state index in [4.69, 9.17) is 9.26 Å². The number of hydrogen-bond acceptors (Lipinski definition) is 7. The summed E-state index contributed by atoms with van der Waals surface area (Å²) in [7, 11) is 1.66. The Bertz CT molecular complexity index is 1340. The number of nitrogens with zero attached hydrogens (tertiary/aromatic N) is 5. The fraction of sp³-hybridized carbons (Fsp3) is 0.269. The zero-order chi connectivity index (χ0) is 24.2. The third-order valence-electron chi connectivity index (χ3n) is 5.85.